The Bertz CT molecular complexity index is 1110. The van der Waals surface area contributed by atoms with Gasteiger partial charge in [0.05, 0.1) is 31.1 Å². The second kappa shape index (κ2) is 8.84. The van der Waals surface area contributed by atoms with Crippen LogP contribution in [0.1, 0.15) is 67.7 Å². The minimum absolute atomic E-state index is 0.0601. The molecule has 0 saturated heterocycles. The number of fused-ring (bicyclic) bond motifs is 1. The minimum Gasteiger partial charge on any atom is -0.496 e. The van der Waals surface area contributed by atoms with E-state index >= 15 is 0 Å². The highest BCUT2D eigenvalue weighted by Gasteiger charge is 2.38. The van der Waals surface area contributed by atoms with Crippen molar-refractivity contribution < 1.29 is 4.74 Å². The fourth-order valence-corrected chi connectivity index (χ4v) is 4.53. The first-order valence-corrected chi connectivity index (χ1v) is 10.9. The summed E-state index contributed by atoms with van der Waals surface area (Å²) in [5, 5.41) is 7.97. The summed E-state index contributed by atoms with van der Waals surface area (Å²) < 4.78 is 5.75. The molecule has 0 amide bonds. The quantitative estimate of drug-likeness (QED) is 0.461. The van der Waals surface area contributed by atoms with Gasteiger partial charge in [-0.2, -0.15) is 5.10 Å². The Morgan fingerprint density at radius 2 is 1.87 bits per heavy atom. The zero-order valence-electron chi connectivity index (χ0n) is 19.0. The van der Waals surface area contributed by atoms with Crippen LogP contribution in [0.2, 0.25) is 0 Å². The Morgan fingerprint density at radius 1 is 1.13 bits per heavy atom. The molecule has 1 aliphatic rings. The highest BCUT2D eigenvalue weighted by atomic mass is 16.5. The number of benzene rings is 2. The molecule has 31 heavy (non-hydrogen) atoms. The molecule has 1 aliphatic heterocycles. The summed E-state index contributed by atoms with van der Waals surface area (Å²) in [5.74, 6) is 1.25. The van der Waals surface area contributed by atoms with Gasteiger partial charge in [0, 0.05) is 16.8 Å². The van der Waals surface area contributed by atoms with Crippen LogP contribution in [0.5, 0.6) is 5.75 Å². The number of allylic oxidation sites excluding steroid dienone is 4. The topological polar surface area (TPSA) is 41.2 Å². The van der Waals surface area contributed by atoms with Gasteiger partial charge < -0.3 is 9.64 Å². The van der Waals surface area contributed by atoms with E-state index in [4.69, 9.17) is 4.74 Å². The zero-order chi connectivity index (χ0) is 22.0. The minimum atomic E-state index is 0.0601. The smallest absolute Gasteiger partial charge is 0.124 e. The molecule has 4 nitrogen and oxygen atoms in total. The van der Waals surface area contributed by atoms with Crippen molar-refractivity contribution in [1.82, 2.24) is 10.2 Å². The standard InChI is InChI=1S/C27H31N3O/c1-6-10-19(7-2)20-13-15-21(16-14-20)30-17-23-25(26(18(3)4)29-28-23)27(30)22-11-8-9-12-24(22)31-5/h6-16,18,27H,17H2,1-5H3,(H,28,29)/b10-6-,19-7+. The summed E-state index contributed by atoms with van der Waals surface area (Å²) in [6, 6.07) is 17.2. The van der Waals surface area contributed by atoms with Crippen LogP contribution in [-0.4, -0.2) is 17.3 Å². The fraction of sp³-hybridized carbons (Fsp3) is 0.296. The molecular formula is C27H31N3O. The Hall–Kier alpha value is -3.27. The summed E-state index contributed by atoms with van der Waals surface area (Å²) in [6.45, 7) is 9.32. The average molecular weight is 414 g/mol. The molecule has 1 aromatic heterocycles. The highest BCUT2D eigenvalue weighted by Crippen LogP contribution is 2.46. The molecule has 2 aromatic carbocycles. The lowest BCUT2D eigenvalue weighted by atomic mass is 9.94. The molecule has 0 aliphatic carbocycles. The molecule has 1 atom stereocenters. The van der Waals surface area contributed by atoms with E-state index in [1.165, 1.54) is 33.6 Å². The lowest BCUT2D eigenvalue weighted by molar-refractivity contribution is 0.407. The number of aromatic amines is 1. The number of hydrogen-bond acceptors (Lipinski definition) is 3. The van der Waals surface area contributed by atoms with Crippen LogP contribution >= 0.6 is 0 Å². The number of nitrogens with one attached hydrogen (secondary N) is 1. The molecule has 4 heteroatoms. The van der Waals surface area contributed by atoms with Crippen LogP contribution in [0.3, 0.4) is 0 Å². The van der Waals surface area contributed by atoms with Crippen LogP contribution in [0.25, 0.3) is 5.57 Å². The van der Waals surface area contributed by atoms with Crippen molar-refractivity contribution >= 4 is 11.3 Å². The van der Waals surface area contributed by atoms with Gasteiger partial charge in [0.2, 0.25) is 0 Å². The van der Waals surface area contributed by atoms with E-state index < -0.39 is 0 Å². The van der Waals surface area contributed by atoms with Gasteiger partial charge in [-0.05, 0) is 49.1 Å². The van der Waals surface area contributed by atoms with E-state index in [0.29, 0.717) is 5.92 Å². The maximum Gasteiger partial charge on any atom is 0.124 e. The molecule has 1 unspecified atom stereocenters. The predicted octanol–water partition coefficient (Wildman–Crippen LogP) is 6.63. The molecule has 0 spiro atoms. The number of anilines is 1. The third-order valence-electron chi connectivity index (χ3n) is 6.00. The summed E-state index contributed by atoms with van der Waals surface area (Å²) in [5.41, 5.74) is 8.41. The predicted molar refractivity (Wildman–Crippen MR) is 129 cm³/mol. The molecular weight excluding hydrogens is 382 g/mol. The molecule has 0 saturated carbocycles. The van der Waals surface area contributed by atoms with E-state index in [0.717, 1.165) is 18.0 Å². The van der Waals surface area contributed by atoms with Crippen LogP contribution in [0.4, 0.5) is 5.69 Å². The molecule has 4 rings (SSSR count). The SMILES string of the molecule is C/C=C\C(=C/C)c1ccc(N2Cc3[nH]nc(C(C)C)c3C2c2ccccc2OC)cc1. The second-order valence-corrected chi connectivity index (χ2v) is 8.22. The highest BCUT2D eigenvalue weighted by molar-refractivity contribution is 5.75. The van der Waals surface area contributed by atoms with E-state index in [9.17, 15) is 0 Å². The van der Waals surface area contributed by atoms with Gasteiger partial charge in [0.25, 0.3) is 0 Å². The third kappa shape index (κ3) is 3.78. The molecule has 3 aromatic rings. The Balaban J connectivity index is 1.80. The van der Waals surface area contributed by atoms with E-state index in [-0.39, 0.29) is 6.04 Å². The van der Waals surface area contributed by atoms with Crippen molar-refractivity contribution in [3.8, 4) is 5.75 Å². The monoisotopic (exact) mass is 413 g/mol. The van der Waals surface area contributed by atoms with Gasteiger partial charge in [0.1, 0.15) is 5.75 Å². The van der Waals surface area contributed by atoms with E-state index in [1.54, 1.807) is 7.11 Å². The van der Waals surface area contributed by atoms with Crippen LogP contribution < -0.4 is 9.64 Å². The van der Waals surface area contributed by atoms with Gasteiger partial charge in [-0.15, -0.1) is 0 Å². The Labute approximate surface area is 185 Å². The average Bonchev–Trinajstić information content (AvgIpc) is 3.37. The van der Waals surface area contributed by atoms with Gasteiger partial charge in [0.15, 0.2) is 0 Å². The first-order valence-electron chi connectivity index (χ1n) is 10.9. The van der Waals surface area contributed by atoms with Gasteiger partial charge in [-0.3, -0.25) is 5.10 Å². The first-order chi connectivity index (χ1) is 15.1. The summed E-state index contributed by atoms with van der Waals surface area (Å²) in [6.07, 6.45) is 6.37. The molecule has 2 heterocycles. The fourth-order valence-electron chi connectivity index (χ4n) is 4.53. The van der Waals surface area contributed by atoms with Gasteiger partial charge in [-0.25, -0.2) is 0 Å². The third-order valence-corrected chi connectivity index (χ3v) is 6.00. The Morgan fingerprint density at radius 3 is 2.52 bits per heavy atom. The zero-order valence-corrected chi connectivity index (χ0v) is 19.0. The van der Waals surface area contributed by atoms with E-state index in [2.05, 4.69) is 90.5 Å². The van der Waals surface area contributed by atoms with Crippen molar-refractivity contribution in [2.75, 3.05) is 12.0 Å². The van der Waals surface area contributed by atoms with Crippen LogP contribution in [0.15, 0.2) is 66.8 Å². The number of hydrogen-bond donors (Lipinski definition) is 1. The molecule has 0 bridgehead atoms. The normalized spacial score (nSPS) is 16.4. The van der Waals surface area contributed by atoms with Crippen molar-refractivity contribution in [2.24, 2.45) is 0 Å². The number of para-hydroxylation sites is 1. The maximum atomic E-state index is 5.75. The van der Waals surface area contributed by atoms with Crippen molar-refractivity contribution in [3.05, 3.63) is 94.8 Å². The number of H-pyrrole nitrogens is 1. The number of ether oxygens (including phenoxy) is 1. The largest absolute Gasteiger partial charge is 0.496 e. The Kier molecular flexibility index (Phi) is 5.99. The number of methoxy groups -OCH3 is 1. The van der Waals surface area contributed by atoms with Crippen LogP contribution in [0, 0.1) is 0 Å². The lowest BCUT2D eigenvalue weighted by Gasteiger charge is -2.29. The molecule has 0 fully saturated rings. The van der Waals surface area contributed by atoms with E-state index in [1.807, 2.05) is 19.1 Å². The number of aromatic nitrogens is 2. The summed E-state index contributed by atoms with van der Waals surface area (Å²) in [7, 11) is 1.74. The second-order valence-electron chi connectivity index (χ2n) is 8.22. The summed E-state index contributed by atoms with van der Waals surface area (Å²) >= 11 is 0. The van der Waals surface area contributed by atoms with Crippen LogP contribution in [-0.2, 0) is 6.54 Å². The summed E-state index contributed by atoms with van der Waals surface area (Å²) in [4.78, 5) is 2.45. The maximum absolute atomic E-state index is 5.75. The van der Waals surface area contributed by atoms with Gasteiger partial charge in [-0.1, -0.05) is 62.4 Å². The first kappa shape index (κ1) is 21.0. The number of rotatable bonds is 6. The van der Waals surface area contributed by atoms with Crippen molar-refractivity contribution in [3.63, 3.8) is 0 Å². The molecule has 1 N–H and O–H groups in total. The van der Waals surface area contributed by atoms with Gasteiger partial charge >= 0.3 is 0 Å². The van der Waals surface area contributed by atoms with Crippen molar-refractivity contribution in [2.45, 2.75) is 46.2 Å². The van der Waals surface area contributed by atoms with Crippen molar-refractivity contribution in [1.29, 1.82) is 0 Å². The number of nitrogens with zero attached hydrogens (tertiary/aromatic N) is 2. The molecule has 0 radical (unpaired) electrons. The molecule has 160 valence electrons. The lowest BCUT2D eigenvalue weighted by Crippen LogP contribution is -2.24.